The zero-order chi connectivity index (χ0) is 13.6. The fourth-order valence-electron chi connectivity index (χ4n) is 1.35. The van der Waals surface area contributed by atoms with E-state index in [1.807, 2.05) is 0 Å². The highest BCUT2D eigenvalue weighted by atomic mass is 32.2. The van der Waals surface area contributed by atoms with Crippen LogP contribution in [0.25, 0.3) is 0 Å². The standard InChI is InChI=1S/C11H16N2O4S/c1-3-6-13(7-8-17-2)18(15,16)10-4-5-11(14)12-9-10/h3-5,9H,1,6-8H2,2H3,(H,12,14). The SMILES string of the molecule is C=CCN(CCOC)S(=O)(=O)c1ccc(=O)[nH]c1. The number of aromatic nitrogens is 1. The van der Waals surface area contributed by atoms with E-state index in [0.29, 0.717) is 0 Å². The highest BCUT2D eigenvalue weighted by Crippen LogP contribution is 2.12. The van der Waals surface area contributed by atoms with Gasteiger partial charge in [-0.05, 0) is 6.07 Å². The summed E-state index contributed by atoms with van der Waals surface area (Å²) in [6.45, 7) is 4.22. The van der Waals surface area contributed by atoms with Crippen molar-refractivity contribution < 1.29 is 13.2 Å². The zero-order valence-electron chi connectivity index (χ0n) is 10.1. The van der Waals surface area contributed by atoms with Gasteiger partial charge in [0.25, 0.3) is 0 Å². The molecule has 0 radical (unpaired) electrons. The second-order valence-electron chi connectivity index (χ2n) is 3.53. The number of hydrogen-bond acceptors (Lipinski definition) is 4. The number of nitrogens with zero attached hydrogens (tertiary/aromatic N) is 1. The van der Waals surface area contributed by atoms with E-state index < -0.39 is 10.0 Å². The average molecular weight is 272 g/mol. The van der Waals surface area contributed by atoms with Gasteiger partial charge in [0, 0.05) is 32.5 Å². The Kier molecular flexibility index (Phi) is 5.26. The maximum absolute atomic E-state index is 12.2. The Balaban J connectivity index is 3.03. The van der Waals surface area contributed by atoms with E-state index in [1.165, 1.54) is 35.8 Å². The fourth-order valence-corrected chi connectivity index (χ4v) is 2.72. The number of nitrogens with one attached hydrogen (secondary N) is 1. The molecule has 0 fully saturated rings. The summed E-state index contributed by atoms with van der Waals surface area (Å²) in [6.07, 6.45) is 2.68. The molecule has 0 spiro atoms. The van der Waals surface area contributed by atoms with Gasteiger partial charge in [0.1, 0.15) is 0 Å². The summed E-state index contributed by atoms with van der Waals surface area (Å²) in [6, 6.07) is 2.45. The van der Waals surface area contributed by atoms with Gasteiger partial charge in [0.15, 0.2) is 0 Å². The molecule has 1 aromatic rings. The number of aromatic amines is 1. The maximum Gasteiger partial charge on any atom is 0.247 e. The predicted octanol–water partition coefficient (Wildman–Crippen LogP) is 0.198. The van der Waals surface area contributed by atoms with Crippen LogP contribution in [0.2, 0.25) is 0 Å². The van der Waals surface area contributed by atoms with Crippen molar-refractivity contribution >= 4 is 10.0 Å². The van der Waals surface area contributed by atoms with E-state index in [-0.39, 0.29) is 30.2 Å². The molecule has 100 valence electrons. The quantitative estimate of drug-likeness (QED) is 0.719. The molecule has 1 aromatic heterocycles. The molecule has 0 saturated carbocycles. The molecule has 0 aliphatic rings. The molecular weight excluding hydrogens is 256 g/mol. The number of sulfonamides is 1. The van der Waals surface area contributed by atoms with E-state index in [0.717, 1.165) is 0 Å². The number of ether oxygens (including phenoxy) is 1. The Morgan fingerprint density at radius 3 is 2.72 bits per heavy atom. The Morgan fingerprint density at radius 1 is 1.50 bits per heavy atom. The number of rotatable bonds is 7. The van der Waals surface area contributed by atoms with E-state index in [4.69, 9.17) is 4.74 Å². The van der Waals surface area contributed by atoms with Crippen LogP contribution in [0.15, 0.2) is 40.7 Å². The summed E-state index contributed by atoms with van der Waals surface area (Å²) >= 11 is 0. The summed E-state index contributed by atoms with van der Waals surface area (Å²) in [4.78, 5) is 13.3. The molecular formula is C11H16N2O4S. The Morgan fingerprint density at radius 2 is 2.22 bits per heavy atom. The third kappa shape index (κ3) is 3.52. The zero-order valence-corrected chi connectivity index (χ0v) is 10.9. The van der Waals surface area contributed by atoms with Gasteiger partial charge in [-0.3, -0.25) is 4.79 Å². The van der Waals surface area contributed by atoms with E-state index in [2.05, 4.69) is 11.6 Å². The minimum Gasteiger partial charge on any atom is -0.383 e. The molecule has 0 amide bonds. The normalized spacial score (nSPS) is 11.7. The van der Waals surface area contributed by atoms with Crippen LogP contribution in [-0.2, 0) is 14.8 Å². The lowest BCUT2D eigenvalue weighted by Crippen LogP contribution is -2.34. The summed E-state index contributed by atoms with van der Waals surface area (Å²) in [5.74, 6) is 0. The molecule has 1 N–H and O–H groups in total. The average Bonchev–Trinajstić information content (AvgIpc) is 2.35. The highest BCUT2D eigenvalue weighted by molar-refractivity contribution is 7.89. The van der Waals surface area contributed by atoms with Crippen LogP contribution in [-0.4, -0.2) is 44.5 Å². The molecule has 18 heavy (non-hydrogen) atoms. The number of H-pyrrole nitrogens is 1. The minimum absolute atomic E-state index is 0.0417. The third-order valence-electron chi connectivity index (χ3n) is 2.27. The smallest absolute Gasteiger partial charge is 0.247 e. The second-order valence-corrected chi connectivity index (χ2v) is 5.47. The molecule has 1 heterocycles. The summed E-state index contributed by atoms with van der Waals surface area (Å²) in [5.41, 5.74) is -0.346. The molecule has 1 rings (SSSR count). The monoisotopic (exact) mass is 272 g/mol. The van der Waals surface area contributed by atoms with Crippen LogP contribution < -0.4 is 5.56 Å². The van der Waals surface area contributed by atoms with Crippen molar-refractivity contribution in [1.82, 2.24) is 9.29 Å². The first kappa shape index (κ1) is 14.6. The van der Waals surface area contributed by atoms with Crippen LogP contribution in [0, 0.1) is 0 Å². The van der Waals surface area contributed by atoms with Crippen molar-refractivity contribution in [1.29, 1.82) is 0 Å². The lowest BCUT2D eigenvalue weighted by molar-refractivity contribution is 0.182. The van der Waals surface area contributed by atoms with Gasteiger partial charge < -0.3 is 9.72 Å². The lowest BCUT2D eigenvalue weighted by Gasteiger charge is -2.20. The van der Waals surface area contributed by atoms with Gasteiger partial charge in [-0.1, -0.05) is 6.08 Å². The third-order valence-corrected chi connectivity index (χ3v) is 4.13. The topological polar surface area (TPSA) is 79.5 Å². The van der Waals surface area contributed by atoms with Crippen molar-refractivity contribution in [2.45, 2.75) is 4.90 Å². The molecule has 0 bridgehead atoms. The fraction of sp³-hybridized carbons (Fsp3) is 0.364. The van der Waals surface area contributed by atoms with Gasteiger partial charge in [-0.25, -0.2) is 8.42 Å². The molecule has 0 aliphatic carbocycles. The first-order valence-electron chi connectivity index (χ1n) is 5.31. The molecule has 0 unspecified atom stereocenters. The van der Waals surface area contributed by atoms with E-state index >= 15 is 0 Å². The van der Waals surface area contributed by atoms with Crippen molar-refractivity contribution in [2.24, 2.45) is 0 Å². The van der Waals surface area contributed by atoms with Gasteiger partial charge in [-0.2, -0.15) is 4.31 Å². The Hall–Kier alpha value is -1.44. The van der Waals surface area contributed by atoms with Crippen LogP contribution in [0.5, 0.6) is 0 Å². The van der Waals surface area contributed by atoms with Gasteiger partial charge in [0.2, 0.25) is 15.6 Å². The van der Waals surface area contributed by atoms with Crippen LogP contribution in [0.3, 0.4) is 0 Å². The molecule has 6 nitrogen and oxygen atoms in total. The molecule has 0 saturated heterocycles. The molecule has 0 aliphatic heterocycles. The van der Waals surface area contributed by atoms with Gasteiger partial charge in [0.05, 0.1) is 11.5 Å². The molecule has 0 atom stereocenters. The highest BCUT2D eigenvalue weighted by Gasteiger charge is 2.23. The summed E-state index contributed by atoms with van der Waals surface area (Å²) in [7, 11) is -2.14. The Labute approximate surface area is 106 Å². The van der Waals surface area contributed by atoms with Crippen LogP contribution in [0.4, 0.5) is 0 Å². The summed E-state index contributed by atoms with van der Waals surface area (Å²) in [5, 5.41) is 0. The predicted molar refractivity (Wildman–Crippen MR) is 67.9 cm³/mol. The van der Waals surface area contributed by atoms with Crippen LogP contribution >= 0.6 is 0 Å². The first-order chi connectivity index (χ1) is 8.52. The van der Waals surface area contributed by atoms with Crippen LogP contribution in [0.1, 0.15) is 0 Å². The van der Waals surface area contributed by atoms with Crippen molar-refractivity contribution in [3.63, 3.8) is 0 Å². The van der Waals surface area contributed by atoms with Crippen molar-refractivity contribution in [3.8, 4) is 0 Å². The maximum atomic E-state index is 12.2. The van der Waals surface area contributed by atoms with E-state index in [9.17, 15) is 13.2 Å². The largest absolute Gasteiger partial charge is 0.383 e. The van der Waals surface area contributed by atoms with Gasteiger partial charge in [-0.15, -0.1) is 6.58 Å². The minimum atomic E-state index is -3.64. The number of methoxy groups -OCH3 is 1. The Bertz CT molecular complexity index is 530. The number of hydrogen-bond donors (Lipinski definition) is 1. The lowest BCUT2D eigenvalue weighted by atomic mass is 10.5. The molecule has 7 heteroatoms. The van der Waals surface area contributed by atoms with Gasteiger partial charge >= 0.3 is 0 Å². The van der Waals surface area contributed by atoms with Crippen molar-refractivity contribution in [3.05, 3.63) is 41.3 Å². The second kappa shape index (κ2) is 6.48. The summed E-state index contributed by atoms with van der Waals surface area (Å²) < 4.78 is 30.6. The first-order valence-corrected chi connectivity index (χ1v) is 6.75. The molecule has 0 aromatic carbocycles. The van der Waals surface area contributed by atoms with Crippen molar-refractivity contribution in [2.75, 3.05) is 26.8 Å². The number of pyridine rings is 1. The van der Waals surface area contributed by atoms with E-state index in [1.54, 1.807) is 0 Å².